The first-order chi connectivity index (χ1) is 25.5. The lowest BCUT2D eigenvalue weighted by Crippen LogP contribution is -2.65. The summed E-state index contributed by atoms with van der Waals surface area (Å²) in [6.45, 7) is 2.09. The molecule has 20 heteroatoms. The second-order valence-electron chi connectivity index (χ2n) is 13.3. The molecule has 3 aliphatic rings. The lowest BCUT2D eigenvalue weighted by Gasteiger charge is -2.46. The fourth-order valence-electron chi connectivity index (χ4n) is 6.42. The van der Waals surface area contributed by atoms with Gasteiger partial charge in [0.2, 0.25) is 17.5 Å². The van der Waals surface area contributed by atoms with Crippen molar-refractivity contribution >= 4 is 11.0 Å². The van der Waals surface area contributed by atoms with Crippen LogP contribution < -0.4 is 14.9 Å². The third kappa shape index (κ3) is 7.41. The van der Waals surface area contributed by atoms with Gasteiger partial charge in [-0.25, -0.2) is 0 Å². The number of phenolic OH excluding ortho intramolecular Hbond substituents is 3. The number of methoxy groups -OCH3 is 1. The van der Waals surface area contributed by atoms with Crippen molar-refractivity contribution in [3.05, 3.63) is 40.6 Å². The Labute approximate surface area is 305 Å². The van der Waals surface area contributed by atoms with Gasteiger partial charge in [0.05, 0.1) is 25.9 Å². The molecule has 0 saturated carbocycles. The first kappa shape index (κ1) is 39.8. The van der Waals surface area contributed by atoms with Crippen molar-refractivity contribution < 1.29 is 93.7 Å². The van der Waals surface area contributed by atoms with Gasteiger partial charge in [0, 0.05) is 17.7 Å². The van der Waals surface area contributed by atoms with E-state index in [0.717, 1.165) is 18.2 Å². The van der Waals surface area contributed by atoms with Gasteiger partial charge in [0.1, 0.15) is 77.4 Å². The number of ether oxygens (including phenoxy) is 7. The maximum atomic E-state index is 14.1. The maximum Gasteiger partial charge on any atom is 0.239 e. The number of aliphatic hydroxyl groups is 8. The Kier molecular flexibility index (Phi) is 11.6. The number of hydrogen-bond donors (Lipinski definition) is 11. The number of aliphatic hydroxyl groups excluding tert-OH is 8. The van der Waals surface area contributed by atoms with Gasteiger partial charge >= 0.3 is 0 Å². The van der Waals surface area contributed by atoms with Gasteiger partial charge in [-0.1, -0.05) is 0 Å². The molecule has 0 bridgehead atoms. The molecule has 0 aliphatic carbocycles. The highest BCUT2D eigenvalue weighted by Crippen LogP contribution is 2.40. The minimum atomic E-state index is -2.03. The summed E-state index contributed by atoms with van der Waals surface area (Å²) in [5.74, 6) is -2.68. The zero-order valence-electron chi connectivity index (χ0n) is 28.8. The summed E-state index contributed by atoms with van der Waals surface area (Å²) >= 11 is 0. The van der Waals surface area contributed by atoms with Gasteiger partial charge in [0.15, 0.2) is 35.9 Å². The van der Waals surface area contributed by atoms with Gasteiger partial charge in [-0.15, -0.1) is 0 Å². The van der Waals surface area contributed by atoms with Crippen LogP contribution in [0, 0.1) is 0 Å². The van der Waals surface area contributed by atoms with E-state index in [9.17, 15) is 61.0 Å². The normalized spacial score (nSPS) is 37.3. The zero-order valence-corrected chi connectivity index (χ0v) is 28.8. The van der Waals surface area contributed by atoms with E-state index in [1.807, 2.05) is 0 Å². The Balaban J connectivity index is 1.41. The molecule has 54 heavy (non-hydrogen) atoms. The predicted molar refractivity (Wildman–Crippen MR) is 176 cm³/mol. The van der Waals surface area contributed by atoms with Gasteiger partial charge in [-0.05, 0) is 32.0 Å². The number of benzene rings is 2. The van der Waals surface area contributed by atoms with Crippen LogP contribution in [0.5, 0.6) is 28.7 Å². The third-order valence-electron chi connectivity index (χ3n) is 9.57. The van der Waals surface area contributed by atoms with E-state index >= 15 is 0 Å². The van der Waals surface area contributed by atoms with E-state index in [2.05, 4.69) is 0 Å². The van der Waals surface area contributed by atoms with Crippen molar-refractivity contribution in [1.29, 1.82) is 0 Å². The molecule has 3 saturated heterocycles. The predicted octanol–water partition coefficient (Wildman–Crippen LogP) is -2.53. The quantitative estimate of drug-likeness (QED) is 0.107. The largest absolute Gasteiger partial charge is 0.508 e. The average Bonchev–Trinajstić information content (AvgIpc) is 3.13. The number of rotatable bonds is 9. The molecule has 11 N–H and O–H groups in total. The summed E-state index contributed by atoms with van der Waals surface area (Å²) in [6, 6.07) is 5.73. The number of aromatic hydroxyl groups is 3. The summed E-state index contributed by atoms with van der Waals surface area (Å²) in [7, 11) is 1.30. The Morgan fingerprint density at radius 1 is 0.685 bits per heavy atom. The monoisotopic (exact) mass is 770 g/mol. The van der Waals surface area contributed by atoms with E-state index < -0.39 is 138 Å². The molecule has 15 atom stereocenters. The summed E-state index contributed by atoms with van der Waals surface area (Å²) in [5, 5.41) is 116. The first-order valence-electron chi connectivity index (χ1n) is 16.8. The highest BCUT2D eigenvalue weighted by molar-refractivity contribution is 5.88. The molecule has 298 valence electrons. The van der Waals surface area contributed by atoms with E-state index in [0.29, 0.717) is 0 Å². The second kappa shape index (κ2) is 15.7. The highest BCUT2D eigenvalue weighted by Gasteiger charge is 2.52. The smallest absolute Gasteiger partial charge is 0.239 e. The van der Waals surface area contributed by atoms with Gasteiger partial charge in [-0.3, -0.25) is 4.79 Å². The molecule has 0 spiro atoms. The molecule has 0 amide bonds. The Morgan fingerprint density at radius 3 is 1.94 bits per heavy atom. The van der Waals surface area contributed by atoms with Crippen molar-refractivity contribution in [2.45, 2.75) is 106 Å². The van der Waals surface area contributed by atoms with E-state index in [1.165, 1.54) is 33.1 Å². The lowest BCUT2D eigenvalue weighted by molar-refractivity contribution is -0.360. The molecule has 2 aromatic carbocycles. The molecule has 20 nitrogen and oxygen atoms in total. The zero-order chi connectivity index (χ0) is 39.3. The molecule has 3 aromatic rings. The second-order valence-corrected chi connectivity index (χ2v) is 13.3. The molecular formula is C34H42O20. The van der Waals surface area contributed by atoms with Gasteiger partial charge in [-0.2, -0.15) is 0 Å². The van der Waals surface area contributed by atoms with Crippen molar-refractivity contribution in [3.8, 4) is 40.1 Å². The van der Waals surface area contributed by atoms with Crippen molar-refractivity contribution in [1.82, 2.24) is 0 Å². The van der Waals surface area contributed by atoms with Crippen molar-refractivity contribution in [2.24, 2.45) is 0 Å². The Morgan fingerprint density at radius 2 is 1.31 bits per heavy atom. The van der Waals surface area contributed by atoms with Crippen molar-refractivity contribution in [3.63, 3.8) is 0 Å². The number of phenols is 3. The molecule has 0 radical (unpaired) electrons. The van der Waals surface area contributed by atoms with Crippen LogP contribution in [-0.2, 0) is 23.7 Å². The summed E-state index contributed by atoms with van der Waals surface area (Å²) in [4.78, 5) is 14.1. The van der Waals surface area contributed by atoms with Crippen LogP contribution in [0.1, 0.15) is 13.8 Å². The van der Waals surface area contributed by atoms with Gasteiger partial charge < -0.3 is 93.7 Å². The first-order valence-corrected chi connectivity index (χ1v) is 16.8. The SMILES string of the molecule is COc1ccc(-c2oc3cc(O)cc(O)c3c(=O)c2O[C@@H]2O[C@H](CO[C@@H]3O[C@@H](C)[C@H](O)[C@@H](O)[C@H]3O)[C@@H](O)[C@H](O)[C@H]2O[C@@H]2O[C@@H](C)[C@H](O)[C@@H](O)[C@H]2O)cc1O. The topological polar surface area (TPSA) is 317 Å². The maximum absolute atomic E-state index is 14.1. The van der Waals surface area contributed by atoms with E-state index in [-0.39, 0.29) is 16.9 Å². The van der Waals surface area contributed by atoms with Crippen LogP contribution in [0.3, 0.4) is 0 Å². The standard InChI is InChI=1S/C34H42O20/c1-10-20(38)24(42)27(45)32(49-10)48-9-18-22(40)26(44)31(54-33-28(46)25(43)21(39)11(2)50-33)34(52-18)53-30-23(41)19-15(37)7-13(35)8-17(19)51-29(30)12-4-5-16(47-3)14(36)6-12/h4-8,10-11,18,20-22,24-28,31-40,42-46H,9H2,1-3H3/t10-,11-,18+,20-,21-,22+,24+,25+,26-,27+,28+,31+,32+,33-,34-/m0/s1. The molecule has 3 fully saturated rings. The third-order valence-corrected chi connectivity index (χ3v) is 9.57. The number of hydrogen-bond acceptors (Lipinski definition) is 20. The van der Waals surface area contributed by atoms with E-state index in [4.69, 9.17) is 37.6 Å². The molecule has 0 unspecified atom stereocenters. The molecule has 6 rings (SSSR count). The molecular weight excluding hydrogens is 728 g/mol. The summed E-state index contributed by atoms with van der Waals surface area (Å²) in [5.41, 5.74) is -1.38. The Bertz CT molecular complexity index is 1850. The Hall–Kier alpha value is -3.87. The average molecular weight is 771 g/mol. The molecule has 1 aromatic heterocycles. The van der Waals surface area contributed by atoms with Gasteiger partial charge in [0.25, 0.3) is 0 Å². The molecule has 3 aliphatic heterocycles. The van der Waals surface area contributed by atoms with Crippen LogP contribution in [0.25, 0.3) is 22.3 Å². The summed E-state index contributed by atoms with van der Waals surface area (Å²) < 4.78 is 45.4. The fraction of sp³-hybridized carbons (Fsp3) is 0.559. The van der Waals surface area contributed by atoms with Crippen LogP contribution in [0.15, 0.2) is 39.5 Å². The van der Waals surface area contributed by atoms with Crippen LogP contribution in [0.2, 0.25) is 0 Å². The minimum absolute atomic E-state index is 0.00542. The van der Waals surface area contributed by atoms with Crippen LogP contribution >= 0.6 is 0 Å². The minimum Gasteiger partial charge on any atom is -0.508 e. The summed E-state index contributed by atoms with van der Waals surface area (Å²) in [6.07, 6.45) is -25.0. The number of fused-ring (bicyclic) bond motifs is 1. The van der Waals surface area contributed by atoms with Crippen molar-refractivity contribution in [2.75, 3.05) is 13.7 Å². The fourth-order valence-corrected chi connectivity index (χ4v) is 6.42. The van der Waals surface area contributed by atoms with E-state index in [1.54, 1.807) is 0 Å². The highest BCUT2D eigenvalue weighted by atomic mass is 16.8. The van der Waals surface area contributed by atoms with Crippen LogP contribution in [-0.4, -0.2) is 162 Å². The molecule has 4 heterocycles. The lowest BCUT2D eigenvalue weighted by atomic mass is 9.97. The van der Waals surface area contributed by atoms with Crippen LogP contribution in [0.4, 0.5) is 0 Å².